The standard InChI is InChI=1S/4C2H2O4.La.7NO3.3Ru/c4*3-1(4)2(5)6;;7*2-1(3)4;;;/h4*(H,3,4)(H,5,6);;;;;;;;;;;/q;;;;+3;7*-1;3*+4/p-8. The van der Waals surface area contributed by atoms with Crippen molar-refractivity contribution < 1.29 is 209 Å². The van der Waals surface area contributed by atoms with Gasteiger partial charge in [-0.05, 0) is 0 Å². The van der Waals surface area contributed by atoms with E-state index in [1.165, 1.54) is 0 Å². The van der Waals surface area contributed by atoms with Crippen molar-refractivity contribution in [2.45, 2.75) is 0 Å². The van der Waals surface area contributed by atoms with Gasteiger partial charge < -0.3 is 186 Å². The Morgan fingerprint density at radius 2 is 0.232 bits per heavy atom. The molecule has 0 aromatic heterocycles. The van der Waals surface area contributed by atoms with Crippen molar-refractivity contribution >= 4 is 47.8 Å². The smallest absolute Gasteiger partial charge is 0.543 e. The number of carboxylic acid groups (broad SMARTS) is 8. The number of hydrogen-bond acceptors (Lipinski definition) is 37. The summed E-state index contributed by atoms with van der Waals surface area (Å²) in [4.78, 5) is 129. The van der Waals surface area contributed by atoms with Gasteiger partial charge in [-0.25, -0.2) is 0 Å². The number of carbonyl (C=O) groups is 8. The molecule has 0 aliphatic rings. The maximum absolute atomic E-state index is 8.93. The minimum atomic E-state index is -2.19. The number of aliphatic carboxylic acids is 8. The van der Waals surface area contributed by atoms with Crippen LogP contribution in [0.25, 0.3) is 0 Å². The van der Waals surface area contributed by atoms with Gasteiger partial charge in [-0.3, -0.25) is 0 Å². The van der Waals surface area contributed by atoms with E-state index in [1.54, 1.807) is 0 Å². The molecule has 0 aliphatic heterocycles. The molecule has 0 aromatic rings. The summed E-state index contributed by atoms with van der Waals surface area (Å²) >= 11 is 0. The molecule has 316 valence electrons. The summed E-state index contributed by atoms with van der Waals surface area (Å²) in [5, 5.41) is 175. The Bertz CT molecular complexity index is 903. The van der Waals surface area contributed by atoms with Gasteiger partial charge >= 0.3 is 94.0 Å². The van der Waals surface area contributed by atoms with E-state index in [9.17, 15) is 0 Å². The molecule has 0 heterocycles. The van der Waals surface area contributed by atoms with E-state index in [0.717, 1.165) is 0 Å². The molecule has 0 aromatic carbocycles. The minimum absolute atomic E-state index is 0. The SMILES string of the molecule is O=C([O-])C(=O)[O-].O=C([O-])C(=O)[O-].O=C([O-])C(=O)[O-].O=C([O-])C(=O)[O-].O=[N+]([O-])[O-].O=[N+]([O-])[O-].O=[N+]([O-])[O-].O=[N+]([O-])[O-].O=[N+]([O-])[O-].O=[N+]([O-])[O-].O=[N+]([O-])[O-].[La+3].[Ru+4].[Ru+4].[Ru+4]. The van der Waals surface area contributed by atoms with Gasteiger partial charge in [-0.1, -0.05) is 0 Å². The van der Waals surface area contributed by atoms with E-state index >= 15 is 0 Å². The monoisotopic (exact) mass is 1230 g/mol. The van der Waals surface area contributed by atoms with Gasteiger partial charge in [0.15, 0.2) is 0 Å². The first-order valence-corrected chi connectivity index (χ1v) is 8.10. The van der Waals surface area contributed by atoms with E-state index in [-0.39, 0.29) is 94.0 Å². The fourth-order valence-electron chi connectivity index (χ4n) is 0. The first-order valence-electron chi connectivity index (χ1n) is 8.10. The molecule has 0 spiro atoms. The van der Waals surface area contributed by atoms with Gasteiger partial charge in [-0.15, -0.1) is 0 Å². The number of carboxylic acids is 8. The summed E-state index contributed by atoms with van der Waals surface area (Å²) in [5.74, 6) is -17.5. The Kier molecular flexibility index (Phi) is 128. The normalized spacial score (nSPS) is 6.14. The van der Waals surface area contributed by atoms with Crippen molar-refractivity contribution in [2.24, 2.45) is 0 Å². The zero-order valence-corrected chi connectivity index (χ0v) is 32.7. The molecule has 44 nitrogen and oxygen atoms in total. The van der Waals surface area contributed by atoms with Crippen molar-refractivity contribution in [3.63, 3.8) is 0 Å². The number of rotatable bonds is 0. The van der Waals surface area contributed by atoms with E-state index in [1.807, 2.05) is 0 Å². The summed E-state index contributed by atoms with van der Waals surface area (Å²) in [6.45, 7) is 0. The van der Waals surface area contributed by atoms with E-state index in [2.05, 4.69) is 0 Å². The van der Waals surface area contributed by atoms with Crippen LogP contribution in [-0.2, 0) is 96.8 Å². The molecule has 0 unspecified atom stereocenters. The number of hydrogen-bond donors (Lipinski definition) is 0. The van der Waals surface area contributed by atoms with Crippen molar-refractivity contribution in [3.05, 3.63) is 107 Å². The second-order valence-corrected chi connectivity index (χ2v) is 3.86. The van der Waals surface area contributed by atoms with Crippen molar-refractivity contribution in [2.75, 3.05) is 0 Å². The Labute approximate surface area is 362 Å². The molecule has 0 saturated carbocycles. The Hall–Kier alpha value is -6.78. The van der Waals surface area contributed by atoms with Crippen molar-refractivity contribution in [1.82, 2.24) is 0 Å². The van der Waals surface area contributed by atoms with Crippen LogP contribution in [0.5, 0.6) is 0 Å². The molecule has 0 saturated heterocycles. The summed E-state index contributed by atoms with van der Waals surface area (Å²) < 4.78 is 0. The molecule has 48 heteroatoms. The van der Waals surface area contributed by atoms with Gasteiger partial charge in [0.05, 0.1) is 83.4 Å². The van der Waals surface area contributed by atoms with Gasteiger partial charge in [-0.2, -0.15) is 0 Å². The quantitative estimate of drug-likeness (QED) is 0.0940. The third-order valence-corrected chi connectivity index (χ3v) is 0.667. The maximum Gasteiger partial charge on any atom is 4.00 e. The fourth-order valence-corrected chi connectivity index (χ4v) is 0. The Morgan fingerprint density at radius 3 is 0.232 bits per heavy atom. The molecule has 0 bridgehead atoms. The van der Waals surface area contributed by atoms with Gasteiger partial charge in [0.2, 0.25) is 0 Å². The van der Waals surface area contributed by atoms with Gasteiger partial charge in [0.25, 0.3) is 0 Å². The molecule has 0 amide bonds. The van der Waals surface area contributed by atoms with Crippen LogP contribution in [0.15, 0.2) is 0 Å². The zero-order valence-electron chi connectivity index (χ0n) is 23.9. The molecular formula is C8LaN7O37Ru3. The summed E-state index contributed by atoms with van der Waals surface area (Å²) in [7, 11) is 0. The van der Waals surface area contributed by atoms with Crippen molar-refractivity contribution in [3.8, 4) is 0 Å². The first kappa shape index (κ1) is 97.7. The molecule has 0 aliphatic carbocycles. The third kappa shape index (κ3) is 1190. The van der Waals surface area contributed by atoms with Crippen LogP contribution < -0.4 is 40.9 Å². The molecule has 0 rings (SSSR count). The van der Waals surface area contributed by atoms with Crippen LogP contribution in [0, 0.1) is 143 Å². The van der Waals surface area contributed by atoms with E-state index < -0.39 is 83.4 Å². The predicted octanol–water partition coefficient (Wildman–Crippen LogP) is -15.7. The average Bonchev–Trinajstić information content (AvgIpc) is 2.82. The fraction of sp³-hybridized carbons (Fsp3) is 0. The van der Waals surface area contributed by atoms with Gasteiger partial charge in [0, 0.05) is 0 Å². The minimum Gasteiger partial charge on any atom is -0.543 e. The van der Waals surface area contributed by atoms with Crippen LogP contribution in [0.4, 0.5) is 0 Å². The third-order valence-electron chi connectivity index (χ3n) is 0.667. The molecule has 0 N–H and O–H groups in total. The molecule has 0 fully saturated rings. The largest absolute Gasteiger partial charge is 4.00 e. The summed E-state index contributed by atoms with van der Waals surface area (Å²) in [5.41, 5.74) is 0. The second-order valence-electron chi connectivity index (χ2n) is 3.86. The number of nitrogens with zero attached hydrogens (tertiary/aromatic N) is 7. The molecule has 56 heavy (non-hydrogen) atoms. The Balaban J connectivity index is -0.0000000254. The second kappa shape index (κ2) is 73.6. The molecule has 0 atom stereocenters. The summed E-state index contributed by atoms with van der Waals surface area (Å²) in [6, 6.07) is 0. The van der Waals surface area contributed by atoms with E-state index in [0.29, 0.717) is 0 Å². The summed E-state index contributed by atoms with van der Waals surface area (Å²) in [6.07, 6.45) is 0. The van der Waals surface area contributed by atoms with Crippen LogP contribution in [0.1, 0.15) is 0 Å². The molecule has 0 radical (unpaired) electrons. The zero-order chi connectivity index (χ0) is 45.7. The maximum atomic E-state index is 8.93. The van der Waals surface area contributed by atoms with Crippen LogP contribution in [-0.4, -0.2) is 83.4 Å². The predicted molar refractivity (Wildman–Crippen MR) is 113 cm³/mol. The van der Waals surface area contributed by atoms with Crippen LogP contribution in [0.3, 0.4) is 0 Å². The van der Waals surface area contributed by atoms with E-state index in [4.69, 9.17) is 186 Å². The average molecular weight is 1230 g/mol. The van der Waals surface area contributed by atoms with Crippen LogP contribution in [0.2, 0.25) is 0 Å². The Morgan fingerprint density at radius 1 is 0.214 bits per heavy atom. The first-order chi connectivity index (χ1) is 22.7. The molecular weight excluding hydrogens is 1230 g/mol. The topological polar surface area (TPSA) is 784 Å². The number of carbonyl (C=O) groups excluding carboxylic acids is 8. The van der Waals surface area contributed by atoms with Crippen molar-refractivity contribution in [1.29, 1.82) is 0 Å². The van der Waals surface area contributed by atoms with Crippen LogP contribution >= 0.6 is 0 Å². The van der Waals surface area contributed by atoms with Gasteiger partial charge in [0.1, 0.15) is 0 Å².